The van der Waals surface area contributed by atoms with Crippen LogP contribution in [-0.4, -0.2) is 132 Å². The van der Waals surface area contributed by atoms with Crippen LogP contribution in [-0.2, 0) is 39.8 Å². The molecule has 0 radical (unpaired) electrons. The average Bonchev–Trinajstić information content (AvgIpc) is 3.41. The van der Waals surface area contributed by atoms with E-state index in [-0.39, 0.29) is 43.5 Å². The van der Waals surface area contributed by atoms with Crippen LogP contribution in [0.4, 0.5) is 14.0 Å². The summed E-state index contributed by atoms with van der Waals surface area (Å²) in [5, 5.41) is 26.6. The monoisotopic (exact) mass is 767 g/mol. The van der Waals surface area contributed by atoms with Gasteiger partial charge in [0, 0.05) is 31.1 Å². The van der Waals surface area contributed by atoms with Crippen molar-refractivity contribution in [2.75, 3.05) is 27.7 Å². The lowest BCUT2D eigenvalue weighted by atomic mass is 9.77. The molecule has 0 aromatic heterocycles. The summed E-state index contributed by atoms with van der Waals surface area (Å²) in [6.07, 6.45) is -7.41. The smallest absolute Gasteiger partial charge is 0.458 e. The van der Waals surface area contributed by atoms with Crippen molar-refractivity contribution in [3.8, 4) is 0 Å². The van der Waals surface area contributed by atoms with Gasteiger partial charge in [-0.3, -0.25) is 9.69 Å². The molecule has 3 fully saturated rings. The SMILES string of the molecule is CC[C@H]1OC(=O)[C@H](C)[C@@H](OC(=O)NCc2ccc(F)cc2)[C@H](C)[C@@H](O[C@@H]2O[C@H](C)C[C@H](N(C)C)[C@H]2O)[C@](C)(O)C[C@@H](C)CN(C)[C@H](C)[C@H]2OC(=O)O[C@@]21C. The molecule has 0 spiro atoms. The fraction of sp³-hybridized carbons (Fsp3) is 0.769. The van der Waals surface area contributed by atoms with E-state index in [4.69, 9.17) is 28.4 Å². The third kappa shape index (κ3) is 10.0. The molecule has 0 bridgehead atoms. The molecule has 0 aliphatic carbocycles. The van der Waals surface area contributed by atoms with Crippen molar-refractivity contribution in [3.63, 3.8) is 0 Å². The Morgan fingerprint density at radius 2 is 1.74 bits per heavy atom. The second-order valence-corrected chi connectivity index (χ2v) is 16.4. The molecule has 3 heterocycles. The zero-order valence-electron chi connectivity index (χ0n) is 33.6. The van der Waals surface area contributed by atoms with Crippen LogP contribution in [0.25, 0.3) is 0 Å². The standard InChI is InChI=1S/C39H62FN3O11/c1-12-29-39(8)33(53-37(47)54-39)25(6)43(11)20-21(2)18-38(7,48)32(52-35-30(44)28(42(9)10)17-22(3)49-35)23(4)31(24(5)34(45)50-29)51-36(46)41-19-26-13-15-27(40)16-14-26/h13-16,21-25,28-33,35,44,48H,12,17-20H2,1-11H3,(H,41,46)/t21-,22-,23+,24-,25-,28+,29-,30-,31+,32-,33-,35+,38-,39-/m1/s1. The van der Waals surface area contributed by atoms with Crippen molar-refractivity contribution in [3.05, 3.63) is 35.6 Å². The Balaban J connectivity index is 1.77. The van der Waals surface area contributed by atoms with Crippen molar-refractivity contribution < 1.29 is 57.4 Å². The van der Waals surface area contributed by atoms with Gasteiger partial charge in [-0.25, -0.2) is 14.0 Å². The first-order valence-electron chi connectivity index (χ1n) is 19.0. The highest BCUT2D eigenvalue weighted by atomic mass is 19.1. The minimum absolute atomic E-state index is 0.00877. The molecule has 3 aliphatic heterocycles. The largest absolute Gasteiger partial charge is 0.509 e. The summed E-state index contributed by atoms with van der Waals surface area (Å²) < 4.78 is 50.0. The number of cyclic esters (lactones) is 1. The van der Waals surface area contributed by atoms with Crippen LogP contribution in [0.1, 0.15) is 80.2 Å². The van der Waals surface area contributed by atoms with Crippen molar-refractivity contribution in [1.29, 1.82) is 0 Å². The molecular weight excluding hydrogens is 705 g/mol. The first-order valence-corrected chi connectivity index (χ1v) is 19.0. The van der Waals surface area contributed by atoms with E-state index in [1.54, 1.807) is 34.6 Å². The Morgan fingerprint density at radius 3 is 2.35 bits per heavy atom. The topological polar surface area (TPSA) is 166 Å². The molecule has 1 amide bonds. The number of likely N-dealkylation sites (N-methyl/N-ethyl adjacent to an activating group) is 2. The summed E-state index contributed by atoms with van der Waals surface area (Å²) in [7, 11) is 5.60. The highest BCUT2D eigenvalue weighted by Gasteiger charge is 2.58. The Hall–Kier alpha value is -3.08. The van der Waals surface area contributed by atoms with E-state index in [2.05, 4.69) is 5.32 Å². The van der Waals surface area contributed by atoms with E-state index >= 15 is 0 Å². The number of benzene rings is 1. The van der Waals surface area contributed by atoms with Crippen LogP contribution in [0.5, 0.6) is 0 Å². The number of nitrogens with one attached hydrogen (secondary N) is 1. The molecule has 14 nitrogen and oxygen atoms in total. The summed E-state index contributed by atoms with van der Waals surface area (Å²) in [6, 6.07) is 4.91. The Labute approximate surface area is 318 Å². The quantitative estimate of drug-likeness (QED) is 0.267. The van der Waals surface area contributed by atoms with Gasteiger partial charge < -0.3 is 48.9 Å². The van der Waals surface area contributed by atoms with Gasteiger partial charge in [0.2, 0.25) is 0 Å². The van der Waals surface area contributed by atoms with Crippen molar-refractivity contribution >= 4 is 18.2 Å². The van der Waals surface area contributed by atoms with Gasteiger partial charge >= 0.3 is 18.2 Å². The molecule has 3 N–H and O–H groups in total. The number of nitrogens with zero attached hydrogens (tertiary/aromatic N) is 2. The van der Waals surface area contributed by atoms with Crippen molar-refractivity contribution in [1.82, 2.24) is 15.1 Å². The van der Waals surface area contributed by atoms with Crippen molar-refractivity contribution in [2.45, 2.75) is 147 Å². The Bertz CT molecular complexity index is 1430. The third-order valence-corrected chi connectivity index (χ3v) is 11.5. The molecule has 306 valence electrons. The summed E-state index contributed by atoms with van der Waals surface area (Å²) in [4.78, 5) is 44.3. The van der Waals surface area contributed by atoms with Gasteiger partial charge in [-0.05, 0) is 98.6 Å². The maximum absolute atomic E-state index is 14.2. The summed E-state index contributed by atoms with van der Waals surface area (Å²) in [5.74, 6) is -3.36. The lowest BCUT2D eigenvalue weighted by Crippen LogP contribution is -2.59. The number of esters is 1. The summed E-state index contributed by atoms with van der Waals surface area (Å²) in [6.45, 7) is 14.6. The molecule has 1 aromatic rings. The molecule has 1 aromatic carbocycles. The molecular formula is C39H62FN3O11. The highest BCUT2D eigenvalue weighted by Crippen LogP contribution is 2.40. The number of carbonyl (C=O) groups excluding carboxylic acids is 3. The van der Waals surface area contributed by atoms with Gasteiger partial charge in [0.15, 0.2) is 18.0 Å². The second kappa shape index (κ2) is 17.8. The number of carbonyl (C=O) groups is 3. The second-order valence-electron chi connectivity index (χ2n) is 16.4. The molecule has 4 rings (SSSR count). The van der Waals surface area contributed by atoms with E-state index in [1.807, 2.05) is 51.7 Å². The van der Waals surface area contributed by atoms with Gasteiger partial charge in [-0.15, -0.1) is 0 Å². The molecule has 3 saturated heterocycles. The molecule has 15 heteroatoms. The minimum atomic E-state index is -1.63. The molecule has 54 heavy (non-hydrogen) atoms. The van der Waals surface area contributed by atoms with Crippen LogP contribution < -0.4 is 5.32 Å². The van der Waals surface area contributed by atoms with E-state index in [0.717, 1.165) is 0 Å². The molecule has 14 atom stereocenters. The van der Waals surface area contributed by atoms with Crippen LogP contribution in [0.3, 0.4) is 0 Å². The number of aliphatic hydroxyl groups is 2. The third-order valence-electron chi connectivity index (χ3n) is 11.5. The first-order chi connectivity index (χ1) is 25.2. The van der Waals surface area contributed by atoms with Gasteiger partial charge in [-0.2, -0.15) is 0 Å². The highest BCUT2D eigenvalue weighted by molar-refractivity contribution is 5.74. The van der Waals surface area contributed by atoms with E-state index in [9.17, 15) is 29.0 Å². The number of hydrogen-bond donors (Lipinski definition) is 3. The number of ether oxygens (including phenoxy) is 6. The number of rotatable bonds is 7. The number of hydrogen-bond acceptors (Lipinski definition) is 13. The number of halogens is 1. The van der Waals surface area contributed by atoms with Crippen LogP contribution in [0.2, 0.25) is 0 Å². The van der Waals surface area contributed by atoms with Crippen LogP contribution >= 0.6 is 0 Å². The normalized spacial score (nSPS) is 40.1. The Morgan fingerprint density at radius 1 is 1.09 bits per heavy atom. The average molecular weight is 768 g/mol. The number of aliphatic hydroxyl groups excluding tert-OH is 1. The predicted octanol–water partition coefficient (Wildman–Crippen LogP) is 4.23. The van der Waals surface area contributed by atoms with Gasteiger partial charge in [-0.1, -0.05) is 32.9 Å². The molecule has 0 unspecified atom stereocenters. The predicted molar refractivity (Wildman–Crippen MR) is 196 cm³/mol. The lowest BCUT2D eigenvalue weighted by Gasteiger charge is -2.47. The van der Waals surface area contributed by atoms with E-state index in [0.29, 0.717) is 18.5 Å². The fourth-order valence-corrected chi connectivity index (χ4v) is 8.49. The summed E-state index contributed by atoms with van der Waals surface area (Å²) in [5.41, 5.74) is -2.36. The zero-order valence-corrected chi connectivity index (χ0v) is 33.6. The summed E-state index contributed by atoms with van der Waals surface area (Å²) >= 11 is 0. The molecule has 0 saturated carbocycles. The van der Waals surface area contributed by atoms with E-state index < -0.39 is 83.9 Å². The van der Waals surface area contributed by atoms with Gasteiger partial charge in [0.05, 0.1) is 23.7 Å². The first kappa shape index (κ1) is 43.6. The maximum Gasteiger partial charge on any atom is 0.509 e. The van der Waals surface area contributed by atoms with Crippen LogP contribution in [0.15, 0.2) is 24.3 Å². The fourth-order valence-electron chi connectivity index (χ4n) is 8.49. The van der Waals surface area contributed by atoms with Gasteiger partial charge in [0.25, 0.3) is 0 Å². The minimum Gasteiger partial charge on any atom is -0.458 e. The van der Waals surface area contributed by atoms with Crippen molar-refractivity contribution in [2.24, 2.45) is 17.8 Å². The lowest BCUT2D eigenvalue weighted by molar-refractivity contribution is -0.299. The number of alkyl carbamates (subject to hydrolysis) is 1. The van der Waals surface area contributed by atoms with Gasteiger partial charge in [0.1, 0.15) is 24.1 Å². The Kier molecular flexibility index (Phi) is 14.4. The number of fused-ring (bicyclic) bond motifs is 1. The van der Waals surface area contributed by atoms with Crippen LogP contribution in [0, 0.1) is 23.6 Å². The maximum atomic E-state index is 14.2. The van der Waals surface area contributed by atoms with E-state index in [1.165, 1.54) is 24.3 Å². The molecule has 3 aliphatic rings. The number of amides is 1. The zero-order chi connectivity index (χ0) is 40.3.